The Balaban J connectivity index is 0.000000461. The van der Waals surface area contributed by atoms with E-state index in [0.29, 0.717) is 12.2 Å². The second-order valence-corrected chi connectivity index (χ2v) is 3.34. The summed E-state index contributed by atoms with van der Waals surface area (Å²) in [5.74, 6) is 0.389. The molecule has 0 heterocycles. The van der Waals surface area contributed by atoms with E-state index in [0.717, 1.165) is 19.3 Å². The predicted molar refractivity (Wildman–Crippen MR) is 59.4 cm³/mol. The Hall–Kier alpha value is -1.11. The highest BCUT2D eigenvalue weighted by atomic mass is 16.1. The number of benzene rings is 1. The van der Waals surface area contributed by atoms with Gasteiger partial charge in [-0.3, -0.25) is 4.79 Å². The first-order valence-electron chi connectivity index (χ1n) is 5.45. The van der Waals surface area contributed by atoms with E-state index < -0.39 is 0 Å². The number of ketones is 1. The van der Waals surface area contributed by atoms with Crippen LogP contribution in [0, 0.1) is 0 Å². The van der Waals surface area contributed by atoms with Gasteiger partial charge < -0.3 is 0 Å². The Morgan fingerprint density at radius 2 is 1.64 bits per heavy atom. The summed E-state index contributed by atoms with van der Waals surface area (Å²) in [5, 5.41) is 0. The van der Waals surface area contributed by atoms with E-state index in [-0.39, 0.29) is 0 Å². The van der Waals surface area contributed by atoms with Gasteiger partial charge in [0.25, 0.3) is 0 Å². The molecule has 0 amide bonds. The van der Waals surface area contributed by atoms with Crippen molar-refractivity contribution in [3.63, 3.8) is 0 Å². The molecule has 76 valence electrons. The molecule has 1 heteroatoms. The molecule has 0 bridgehead atoms. The molecule has 0 spiro atoms. The molecule has 0 aliphatic heterocycles. The second-order valence-electron chi connectivity index (χ2n) is 3.34. The first-order chi connectivity index (χ1) is 6.86. The molecule has 1 aliphatic carbocycles. The smallest absolute Gasteiger partial charge is 0.137 e. The van der Waals surface area contributed by atoms with Crippen LogP contribution in [0.25, 0.3) is 0 Å². The standard InChI is InChI=1S/C11H12O.C2H6/c12-11-7-3-6-9-4-1-2-5-10(9)8-11;1-2/h1-2,4-5H,3,6-8H2;1-2H3. The van der Waals surface area contributed by atoms with Gasteiger partial charge in [-0.1, -0.05) is 38.1 Å². The molecule has 1 nitrogen and oxygen atoms in total. The summed E-state index contributed by atoms with van der Waals surface area (Å²) in [6.07, 6.45) is 3.50. The minimum absolute atomic E-state index is 0.389. The van der Waals surface area contributed by atoms with Crippen molar-refractivity contribution < 1.29 is 4.79 Å². The SMILES string of the molecule is CC.O=C1CCCc2ccccc2C1. The van der Waals surface area contributed by atoms with E-state index in [4.69, 9.17) is 0 Å². The van der Waals surface area contributed by atoms with Gasteiger partial charge in [0.15, 0.2) is 0 Å². The van der Waals surface area contributed by atoms with Crippen LogP contribution in [0.2, 0.25) is 0 Å². The highest BCUT2D eigenvalue weighted by Crippen LogP contribution is 2.17. The lowest BCUT2D eigenvalue weighted by Gasteiger charge is -2.01. The van der Waals surface area contributed by atoms with Gasteiger partial charge in [-0.2, -0.15) is 0 Å². The third-order valence-corrected chi connectivity index (χ3v) is 2.41. The summed E-state index contributed by atoms with van der Waals surface area (Å²) < 4.78 is 0. The summed E-state index contributed by atoms with van der Waals surface area (Å²) in [7, 11) is 0. The summed E-state index contributed by atoms with van der Waals surface area (Å²) in [5.41, 5.74) is 2.60. The third kappa shape index (κ3) is 2.69. The Kier molecular flexibility index (Phi) is 4.37. The number of hydrogen-bond donors (Lipinski definition) is 0. The zero-order valence-corrected chi connectivity index (χ0v) is 9.05. The maximum absolute atomic E-state index is 11.2. The Labute approximate surface area is 86.1 Å². The highest BCUT2D eigenvalue weighted by molar-refractivity contribution is 5.81. The van der Waals surface area contributed by atoms with Crippen LogP contribution in [0.4, 0.5) is 0 Å². The van der Waals surface area contributed by atoms with Gasteiger partial charge in [0.1, 0.15) is 5.78 Å². The molecule has 0 atom stereocenters. The lowest BCUT2D eigenvalue weighted by atomic mass is 10.0. The molecule has 0 fully saturated rings. The maximum Gasteiger partial charge on any atom is 0.137 e. The number of rotatable bonds is 0. The minimum Gasteiger partial charge on any atom is -0.299 e. The fraction of sp³-hybridized carbons (Fsp3) is 0.462. The van der Waals surface area contributed by atoms with Crippen molar-refractivity contribution in [1.82, 2.24) is 0 Å². The lowest BCUT2D eigenvalue weighted by molar-refractivity contribution is -0.118. The minimum atomic E-state index is 0.389. The first-order valence-corrected chi connectivity index (χ1v) is 5.45. The van der Waals surface area contributed by atoms with E-state index in [2.05, 4.69) is 18.2 Å². The van der Waals surface area contributed by atoms with Crippen molar-refractivity contribution in [2.45, 2.75) is 39.5 Å². The van der Waals surface area contributed by atoms with Gasteiger partial charge in [-0.15, -0.1) is 0 Å². The molecule has 1 aliphatic rings. The third-order valence-electron chi connectivity index (χ3n) is 2.41. The number of hydrogen-bond acceptors (Lipinski definition) is 1. The Morgan fingerprint density at radius 1 is 1.00 bits per heavy atom. The monoisotopic (exact) mass is 190 g/mol. The number of carbonyl (C=O) groups excluding carboxylic acids is 1. The van der Waals surface area contributed by atoms with Crippen molar-refractivity contribution in [2.75, 3.05) is 0 Å². The van der Waals surface area contributed by atoms with Gasteiger partial charge in [-0.05, 0) is 24.0 Å². The van der Waals surface area contributed by atoms with Gasteiger partial charge >= 0.3 is 0 Å². The quantitative estimate of drug-likeness (QED) is 0.574. The lowest BCUT2D eigenvalue weighted by Crippen LogP contribution is -1.99. The molecule has 0 saturated heterocycles. The van der Waals surface area contributed by atoms with Crippen molar-refractivity contribution in [3.05, 3.63) is 35.4 Å². The molecule has 0 radical (unpaired) electrons. The average molecular weight is 190 g/mol. The molecule has 0 aromatic heterocycles. The van der Waals surface area contributed by atoms with Crippen molar-refractivity contribution in [1.29, 1.82) is 0 Å². The van der Waals surface area contributed by atoms with Crippen LogP contribution in [0.15, 0.2) is 24.3 Å². The van der Waals surface area contributed by atoms with Crippen molar-refractivity contribution >= 4 is 5.78 Å². The van der Waals surface area contributed by atoms with Crippen LogP contribution >= 0.6 is 0 Å². The topological polar surface area (TPSA) is 17.1 Å². The van der Waals surface area contributed by atoms with Crippen LogP contribution in [0.1, 0.15) is 37.8 Å². The molecule has 14 heavy (non-hydrogen) atoms. The molecular formula is C13H18O. The molecule has 0 saturated carbocycles. The molecule has 0 unspecified atom stereocenters. The molecule has 0 N–H and O–H groups in total. The van der Waals surface area contributed by atoms with Crippen molar-refractivity contribution in [3.8, 4) is 0 Å². The summed E-state index contributed by atoms with van der Waals surface area (Å²) in [6, 6.07) is 8.26. The first kappa shape index (κ1) is 11.0. The van der Waals surface area contributed by atoms with Crippen LogP contribution in [0.5, 0.6) is 0 Å². The normalized spacial score (nSPS) is 14.9. The largest absolute Gasteiger partial charge is 0.299 e. The maximum atomic E-state index is 11.2. The molecule has 2 rings (SSSR count). The number of aryl methyl sites for hydroxylation is 1. The number of Topliss-reactive ketones (excluding diaryl/α,β-unsaturated/α-hetero) is 1. The van der Waals surface area contributed by atoms with Gasteiger partial charge in [0, 0.05) is 12.8 Å². The van der Waals surface area contributed by atoms with Crippen LogP contribution < -0.4 is 0 Å². The Morgan fingerprint density at radius 3 is 2.36 bits per heavy atom. The molecule has 1 aromatic carbocycles. The highest BCUT2D eigenvalue weighted by Gasteiger charge is 2.11. The fourth-order valence-electron chi connectivity index (χ4n) is 1.75. The zero-order chi connectivity index (χ0) is 10.4. The summed E-state index contributed by atoms with van der Waals surface area (Å²) in [4.78, 5) is 11.2. The average Bonchev–Trinajstić information content (AvgIpc) is 2.41. The predicted octanol–water partition coefficient (Wildman–Crippen LogP) is 3.16. The van der Waals surface area contributed by atoms with E-state index >= 15 is 0 Å². The summed E-state index contributed by atoms with van der Waals surface area (Å²) >= 11 is 0. The second kappa shape index (κ2) is 5.58. The van der Waals surface area contributed by atoms with E-state index in [1.165, 1.54) is 11.1 Å². The van der Waals surface area contributed by atoms with Gasteiger partial charge in [-0.25, -0.2) is 0 Å². The molecular weight excluding hydrogens is 172 g/mol. The van der Waals surface area contributed by atoms with Crippen LogP contribution in [-0.4, -0.2) is 5.78 Å². The van der Waals surface area contributed by atoms with Crippen LogP contribution in [0.3, 0.4) is 0 Å². The van der Waals surface area contributed by atoms with E-state index in [9.17, 15) is 4.79 Å². The van der Waals surface area contributed by atoms with E-state index in [1.807, 2.05) is 19.9 Å². The van der Waals surface area contributed by atoms with Gasteiger partial charge in [0.2, 0.25) is 0 Å². The fourth-order valence-corrected chi connectivity index (χ4v) is 1.75. The Bertz CT molecular complexity index is 302. The number of carbonyl (C=O) groups is 1. The van der Waals surface area contributed by atoms with Crippen LogP contribution in [-0.2, 0) is 17.6 Å². The zero-order valence-electron chi connectivity index (χ0n) is 9.05. The summed E-state index contributed by atoms with van der Waals surface area (Å²) in [6.45, 7) is 4.00. The van der Waals surface area contributed by atoms with Gasteiger partial charge in [0.05, 0.1) is 0 Å². The number of fused-ring (bicyclic) bond motifs is 1. The van der Waals surface area contributed by atoms with Crippen molar-refractivity contribution in [2.24, 2.45) is 0 Å². The molecule has 1 aromatic rings. The van der Waals surface area contributed by atoms with E-state index in [1.54, 1.807) is 0 Å².